The molecule has 2 aliphatic rings. The third-order valence-corrected chi connectivity index (χ3v) is 4.11. The minimum atomic E-state index is 0.363. The normalized spacial score (nSPS) is 24.9. The van der Waals surface area contributed by atoms with Crippen LogP contribution in [0.25, 0.3) is 10.9 Å². The second kappa shape index (κ2) is 2.54. The Morgan fingerprint density at radius 3 is 2.94 bits per heavy atom. The minimum Gasteiger partial charge on any atom is -0.368 e. The van der Waals surface area contributed by atoms with Crippen molar-refractivity contribution in [2.24, 2.45) is 5.41 Å². The van der Waals surface area contributed by atoms with Crippen LogP contribution in [0.15, 0.2) is 24.4 Å². The summed E-state index contributed by atoms with van der Waals surface area (Å²) in [4.78, 5) is 8.29. The lowest BCUT2D eigenvalue weighted by atomic mass is 10.1. The molecule has 0 aliphatic heterocycles. The summed E-state index contributed by atoms with van der Waals surface area (Å²) in [5.74, 6) is 1.15. The molecule has 2 N–H and O–H groups in total. The van der Waals surface area contributed by atoms with Crippen LogP contribution in [0.4, 0.5) is 5.95 Å². The highest BCUT2D eigenvalue weighted by Crippen LogP contribution is 2.74. The number of hydrogen-bond donors (Lipinski definition) is 1. The number of nitrogens with two attached hydrogens (primary N) is 1. The van der Waals surface area contributed by atoms with Crippen LogP contribution in [0.1, 0.15) is 30.7 Å². The van der Waals surface area contributed by atoms with Crippen LogP contribution in [0, 0.1) is 5.41 Å². The molecule has 1 heterocycles. The van der Waals surface area contributed by atoms with E-state index in [-0.39, 0.29) is 0 Å². The fourth-order valence-corrected chi connectivity index (χ4v) is 2.80. The highest BCUT2D eigenvalue weighted by molar-refractivity contribution is 5.79. The maximum absolute atomic E-state index is 5.61. The summed E-state index contributed by atoms with van der Waals surface area (Å²) in [6.45, 7) is 0. The Kier molecular flexibility index (Phi) is 1.35. The molecule has 2 aromatic rings. The average Bonchev–Trinajstić information content (AvgIpc) is 3.19. The van der Waals surface area contributed by atoms with Crippen LogP contribution in [-0.4, -0.2) is 9.97 Å². The van der Waals surface area contributed by atoms with E-state index in [4.69, 9.17) is 5.73 Å². The van der Waals surface area contributed by atoms with Gasteiger partial charge in [0.25, 0.3) is 0 Å². The molecule has 4 rings (SSSR count). The number of nitrogen functional groups attached to an aromatic ring is 1. The highest BCUT2D eigenvalue weighted by atomic mass is 15.0. The molecule has 0 saturated heterocycles. The van der Waals surface area contributed by atoms with Gasteiger partial charge in [0.05, 0.1) is 5.52 Å². The summed E-state index contributed by atoms with van der Waals surface area (Å²) in [6.07, 6.45) is 6.00. The molecule has 1 aromatic carbocycles. The predicted octanol–water partition coefficient (Wildman–Crippen LogP) is 2.48. The maximum Gasteiger partial charge on any atom is 0.220 e. The summed E-state index contributed by atoms with van der Waals surface area (Å²) in [6, 6.07) is 6.52. The van der Waals surface area contributed by atoms with Crippen molar-refractivity contribution < 1.29 is 0 Å². The Bertz CT molecular complexity index is 587. The van der Waals surface area contributed by atoms with Crippen LogP contribution in [0.5, 0.6) is 0 Å². The van der Waals surface area contributed by atoms with Gasteiger partial charge in [-0.1, -0.05) is 12.1 Å². The average molecular weight is 211 g/mol. The van der Waals surface area contributed by atoms with E-state index in [1.807, 2.05) is 0 Å². The monoisotopic (exact) mass is 211 g/mol. The van der Waals surface area contributed by atoms with Gasteiger partial charge >= 0.3 is 0 Å². The van der Waals surface area contributed by atoms with Gasteiger partial charge in [0.1, 0.15) is 0 Å². The van der Waals surface area contributed by atoms with E-state index < -0.39 is 0 Å². The van der Waals surface area contributed by atoms with Crippen molar-refractivity contribution in [1.29, 1.82) is 0 Å². The van der Waals surface area contributed by atoms with E-state index in [0.29, 0.717) is 11.4 Å². The van der Waals surface area contributed by atoms with Gasteiger partial charge in [-0.15, -0.1) is 0 Å². The zero-order valence-corrected chi connectivity index (χ0v) is 8.98. The molecule has 0 amide bonds. The number of nitrogens with zero attached hydrogens (tertiary/aromatic N) is 2. The summed E-state index contributed by atoms with van der Waals surface area (Å²) in [5.41, 5.74) is 8.72. The van der Waals surface area contributed by atoms with Gasteiger partial charge in [0, 0.05) is 11.6 Å². The Morgan fingerprint density at radius 2 is 2.19 bits per heavy atom. The van der Waals surface area contributed by atoms with E-state index in [9.17, 15) is 0 Å². The van der Waals surface area contributed by atoms with Crippen molar-refractivity contribution in [2.75, 3.05) is 5.73 Å². The van der Waals surface area contributed by atoms with Crippen LogP contribution in [-0.2, 0) is 0 Å². The number of anilines is 1. The lowest BCUT2D eigenvalue weighted by Crippen LogP contribution is -1.94. The molecule has 3 heteroatoms. The first-order valence-electron chi connectivity index (χ1n) is 5.79. The molecule has 1 atom stereocenters. The molecule has 1 spiro atoms. The van der Waals surface area contributed by atoms with Crippen LogP contribution >= 0.6 is 0 Å². The fraction of sp³-hybridized carbons (Fsp3) is 0.385. The molecule has 16 heavy (non-hydrogen) atoms. The summed E-state index contributed by atoms with van der Waals surface area (Å²) in [7, 11) is 0. The van der Waals surface area contributed by atoms with Crippen molar-refractivity contribution in [3.05, 3.63) is 30.0 Å². The molecular formula is C13H13N3. The predicted molar refractivity (Wildman–Crippen MR) is 63.0 cm³/mol. The standard InChI is InChI=1S/C13H13N3/c14-12-15-7-9-2-1-8(5-11(9)16-12)10-6-13(10)3-4-13/h1-2,5,7,10H,3-4,6H2,(H2,14,15,16). The topological polar surface area (TPSA) is 51.8 Å². The van der Waals surface area contributed by atoms with Crippen molar-refractivity contribution in [3.63, 3.8) is 0 Å². The largest absolute Gasteiger partial charge is 0.368 e. The Balaban J connectivity index is 1.83. The van der Waals surface area contributed by atoms with E-state index >= 15 is 0 Å². The second-order valence-electron chi connectivity index (χ2n) is 5.17. The van der Waals surface area contributed by atoms with E-state index in [2.05, 4.69) is 28.2 Å². The smallest absolute Gasteiger partial charge is 0.220 e. The first-order valence-corrected chi connectivity index (χ1v) is 5.79. The lowest BCUT2D eigenvalue weighted by Gasteiger charge is -2.02. The summed E-state index contributed by atoms with van der Waals surface area (Å²) >= 11 is 0. The third-order valence-electron chi connectivity index (χ3n) is 4.11. The van der Waals surface area contributed by atoms with Gasteiger partial charge in [-0.2, -0.15) is 0 Å². The molecule has 0 radical (unpaired) electrons. The summed E-state index contributed by atoms with van der Waals surface area (Å²) < 4.78 is 0. The summed E-state index contributed by atoms with van der Waals surface area (Å²) in [5, 5.41) is 1.07. The fourth-order valence-electron chi connectivity index (χ4n) is 2.80. The van der Waals surface area contributed by atoms with Gasteiger partial charge in [0.15, 0.2) is 0 Å². The molecule has 0 bridgehead atoms. The van der Waals surface area contributed by atoms with Crippen LogP contribution in [0.3, 0.4) is 0 Å². The zero-order valence-electron chi connectivity index (χ0n) is 8.98. The molecule has 3 nitrogen and oxygen atoms in total. The van der Waals surface area contributed by atoms with Crippen molar-refractivity contribution >= 4 is 16.9 Å². The van der Waals surface area contributed by atoms with Crippen molar-refractivity contribution in [2.45, 2.75) is 25.2 Å². The lowest BCUT2D eigenvalue weighted by molar-refractivity contribution is 0.840. The molecular weight excluding hydrogens is 198 g/mol. The molecule has 2 aliphatic carbocycles. The SMILES string of the molecule is Nc1ncc2ccc(C3CC34CC4)cc2n1. The second-order valence-corrected chi connectivity index (χ2v) is 5.17. The number of rotatable bonds is 1. The van der Waals surface area contributed by atoms with E-state index in [0.717, 1.165) is 16.8 Å². The zero-order chi connectivity index (χ0) is 10.8. The van der Waals surface area contributed by atoms with E-state index in [1.165, 1.54) is 24.8 Å². The molecule has 2 saturated carbocycles. The quantitative estimate of drug-likeness (QED) is 0.788. The Morgan fingerprint density at radius 1 is 1.31 bits per heavy atom. The number of aromatic nitrogens is 2. The van der Waals surface area contributed by atoms with Crippen molar-refractivity contribution in [1.82, 2.24) is 9.97 Å². The molecule has 1 unspecified atom stereocenters. The van der Waals surface area contributed by atoms with Crippen LogP contribution < -0.4 is 5.73 Å². The first-order chi connectivity index (χ1) is 7.77. The molecule has 2 fully saturated rings. The molecule has 80 valence electrons. The van der Waals surface area contributed by atoms with Gasteiger partial charge in [-0.25, -0.2) is 9.97 Å². The van der Waals surface area contributed by atoms with Gasteiger partial charge in [-0.05, 0) is 42.2 Å². The van der Waals surface area contributed by atoms with E-state index in [1.54, 1.807) is 6.20 Å². The number of benzene rings is 1. The third kappa shape index (κ3) is 1.08. The highest BCUT2D eigenvalue weighted by Gasteiger charge is 2.62. The van der Waals surface area contributed by atoms with Crippen LogP contribution in [0.2, 0.25) is 0 Å². The first kappa shape index (κ1) is 8.50. The number of hydrogen-bond acceptors (Lipinski definition) is 3. The van der Waals surface area contributed by atoms with Gasteiger partial charge < -0.3 is 5.73 Å². The van der Waals surface area contributed by atoms with Gasteiger partial charge in [0.2, 0.25) is 5.95 Å². The Labute approximate surface area is 93.7 Å². The van der Waals surface area contributed by atoms with Gasteiger partial charge in [-0.3, -0.25) is 0 Å². The number of fused-ring (bicyclic) bond motifs is 1. The Hall–Kier alpha value is -1.64. The van der Waals surface area contributed by atoms with Crippen molar-refractivity contribution in [3.8, 4) is 0 Å². The minimum absolute atomic E-state index is 0.363. The maximum atomic E-state index is 5.61. The molecule has 1 aromatic heterocycles.